The zero-order chi connectivity index (χ0) is 11.6. The van der Waals surface area contributed by atoms with Crippen molar-refractivity contribution in [2.45, 2.75) is 52.4 Å². The van der Waals surface area contributed by atoms with Gasteiger partial charge in [0.15, 0.2) is 0 Å². The van der Waals surface area contributed by atoms with Crippen molar-refractivity contribution < 1.29 is 31.1 Å². The first-order chi connectivity index (χ1) is 7.86. The molecule has 0 aromatic heterocycles. The third-order valence-corrected chi connectivity index (χ3v) is 2.57. The molecular weight excluding hydrogens is 278 g/mol. The fourth-order valence-corrected chi connectivity index (χ4v) is 1.78. The van der Waals surface area contributed by atoms with Crippen LogP contribution in [-0.4, -0.2) is 0 Å². The third-order valence-electron chi connectivity index (χ3n) is 2.57. The van der Waals surface area contributed by atoms with Gasteiger partial charge in [0.2, 0.25) is 0 Å². The van der Waals surface area contributed by atoms with E-state index in [1.165, 1.54) is 36.8 Å². The number of halogens is 2. The standard InChI is InChI=1S/2C8H11.2FH.Ti/c2*1-2-5-8-6-3-4-7-8;;;/h2*3,6H,2,4-5H2,1H3;2*1H;/q2*-1;;;+4/p-2. The first-order valence-corrected chi connectivity index (χ1v) is 6.39. The Morgan fingerprint density at radius 1 is 0.842 bits per heavy atom. The minimum Gasteiger partial charge on any atom is -1.00 e. The molecule has 104 valence electrons. The summed E-state index contributed by atoms with van der Waals surface area (Å²) in [6, 6.07) is 0. The summed E-state index contributed by atoms with van der Waals surface area (Å²) in [5.41, 5.74) is 2.79. The first kappa shape index (κ1) is 23.6. The molecule has 0 aliphatic heterocycles. The maximum atomic E-state index is 3.26. The van der Waals surface area contributed by atoms with E-state index in [1.54, 1.807) is 0 Å². The molecule has 0 N–H and O–H groups in total. The van der Waals surface area contributed by atoms with Crippen LogP contribution in [0.15, 0.2) is 35.5 Å². The van der Waals surface area contributed by atoms with Gasteiger partial charge in [-0.1, -0.05) is 39.5 Å². The fraction of sp³-hybridized carbons (Fsp3) is 0.500. The number of hydrogen-bond donors (Lipinski definition) is 0. The van der Waals surface area contributed by atoms with Gasteiger partial charge in [-0.2, -0.15) is 12.2 Å². The van der Waals surface area contributed by atoms with E-state index in [0.29, 0.717) is 0 Å². The quantitative estimate of drug-likeness (QED) is 0.459. The van der Waals surface area contributed by atoms with Gasteiger partial charge in [-0.15, -0.1) is 12.8 Å². The van der Waals surface area contributed by atoms with Gasteiger partial charge < -0.3 is 9.41 Å². The zero-order valence-corrected chi connectivity index (χ0v) is 13.4. The molecule has 0 nitrogen and oxygen atoms in total. The third kappa shape index (κ3) is 11.1. The normalized spacial score (nSPS) is 14.2. The van der Waals surface area contributed by atoms with Gasteiger partial charge in [0.25, 0.3) is 0 Å². The first-order valence-electron chi connectivity index (χ1n) is 6.39. The molecule has 0 saturated carbocycles. The largest absolute Gasteiger partial charge is 4.00 e. The Labute approximate surface area is 131 Å². The Balaban J connectivity index is -0.000000233. The van der Waals surface area contributed by atoms with Crippen molar-refractivity contribution in [1.82, 2.24) is 0 Å². The van der Waals surface area contributed by atoms with E-state index in [-0.39, 0.29) is 31.1 Å². The van der Waals surface area contributed by atoms with Crippen molar-refractivity contribution in [1.29, 1.82) is 0 Å². The van der Waals surface area contributed by atoms with Crippen LogP contribution in [0.1, 0.15) is 52.4 Å². The summed E-state index contributed by atoms with van der Waals surface area (Å²) < 4.78 is 0. The number of hydrogen-bond acceptors (Lipinski definition) is 0. The van der Waals surface area contributed by atoms with E-state index >= 15 is 0 Å². The minimum absolute atomic E-state index is 0. The molecule has 0 aromatic rings. The van der Waals surface area contributed by atoms with Crippen molar-refractivity contribution in [3.63, 3.8) is 0 Å². The molecule has 2 rings (SSSR count). The Morgan fingerprint density at radius 2 is 1.21 bits per heavy atom. The summed E-state index contributed by atoms with van der Waals surface area (Å²) in [4.78, 5) is 0. The number of rotatable bonds is 4. The average Bonchev–Trinajstić information content (AvgIpc) is 2.92. The van der Waals surface area contributed by atoms with Crippen LogP contribution in [0.25, 0.3) is 0 Å². The van der Waals surface area contributed by atoms with Crippen LogP contribution in [-0.2, 0) is 21.7 Å². The van der Waals surface area contributed by atoms with Crippen LogP contribution in [0.2, 0.25) is 0 Å². The molecule has 2 aliphatic rings. The van der Waals surface area contributed by atoms with E-state index in [0.717, 1.165) is 12.8 Å². The summed E-state index contributed by atoms with van der Waals surface area (Å²) >= 11 is 0. The second kappa shape index (κ2) is 15.6. The molecule has 0 unspecified atom stereocenters. The van der Waals surface area contributed by atoms with Crippen LogP contribution >= 0.6 is 0 Å². The van der Waals surface area contributed by atoms with Crippen LogP contribution < -0.4 is 9.41 Å². The van der Waals surface area contributed by atoms with E-state index < -0.39 is 0 Å². The van der Waals surface area contributed by atoms with Gasteiger partial charge >= 0.3 is 21.7 Å². The summed E-state index contributed by atoms with van der Waals surface area (Å²) in [5.74, 6) is 0. The maximum Gasteiger partial charge on any atom is 4.00 e. The van der Waals surface area contributed by atoms with Gasteiger partial charge in [0, 0.05) is 0 Å². The van der Waals surface area contributed by atoms with E-state index in [1.807, 2.05) is 0 Å². The van der Waals surface area contributed by atoms with E-state index in [4.69, 9.17) is 0 Å². The molecule has 0 fully saturated rings. The Morgan fingerprint density at radius 3 is 1.42 bits per heavy atom. The predicted molar refractivity (Wildman–Crippen MR) is 70.8 cm³/mol. The zero-order valence-electron chi connectivity index (χ0n) is 11.8. The Kier molecular flexibility index (Phi) is 19.4. The minimum atomic E-state index is 0. The summed E-state index contributed by atoms with van der Waals surface area (Å²) in [6.07, 6.45) is 22.2. The molecular formula is C16H22F2Ti. The van der Waals surface area contributed by atoms with Crippen LogP contribution in [0, 0.1) is 12.2 Å². The van der Waals surface area contributed by atoms with Gasteiger partial charge in [-0.3, -0.25) is 12.2 Å². The molecule has 0 amide bonds. The predicted octanol–water partition coefficient (Wildman–Crippen LogP) is -1.04. The molecule has 0 saturated heterocycles. The van der Waals surface area contributed by atoms with Crippen molar-refractivity contribution in [3.05, 3.63) is 47.6 Å². The van der Waals surface area contributed by atoms with Crippen LogP contribution in [0.4, 0.5) is 0 Å². The SMILES string of the molecule is CCCC1=[C-]CC=C1.CCCC1=[C-]CC=C1.[F-].[F-].[Ti+4]. The average molecular weight is 300 g/mol. The number of allylic oxidation sites excluding steroid dienone is 8. The van der Waals surface area contributed by atoms with Crippen LogP contribution in [0.3, 0.4) is 0 Å². The smallest absolute Gasteiger partial charge is 1.00 e. The fourth-order valence-electron chi connectivity index (χ4n) is 1.78. The van der Waals surface area contributed by atoms with Crippen LogP contribution in [0.5, 0.6) is 0 Å². The second-order valence-corrected chi connectivity index (χ2v) is 4.12. The monoisotopic (exact) mass is 300 g/mol. The second-order valence-electron chi connectivity index (χ2n) is 4.12. The summed E-state index contributed by atoms with van der Waals surface area (Å²) in [6.45, 7) is 4.39. The Hall–Kier alpha value is -0.466. The molecule has 19 heavy (non-hydrogen) atoms. The van der Waals surface area contributed by atoms with E-state index in [9.17, 15) is 0 Å². The van der Waals surface area contributed by atoms with Crippen molar-refractivity contribution in [2.24, 2.45) is 0 Å². The van der Waals surface area contributed by atoms with Gasteiger partial charge in [-0.05, 0) is 0 Å². The van der Waals surface area contributed by atoms with Gasteiger partial charge in [0.1, 0.15) is 0 Å². The molecule has 0 atom stereocenters. The van der Waals surface area contributed by atoms with Crippen molar-refractivity contribution >= 4 is 0 Å². The molecule has 0 aromatic carbocycles. The van der Waals surface area contributed by atoms with E-state index in [2.05, 4.69) is 50.3 Å². The molecule has 3 heteroatoms. The molecule has 0 radical (unpaired) electrons. The maximum absolute atomic E-state index is 3.26. The molecule has 0 spiro atoms. The van der Waals surface area contributed by atoms with Gasteiger partial charge in [-0.25, -0.2) is 23.3 Å². The molecule has 0 heterocycles. The van der Waals surface area contributed by atoms with Crippen molar-refractivity contribution in [2.75, 3.05) is 0 Å². The summed E-state index contributed by atoms with van der Waals surface area (Å²) in [5, 5.41) is 0. The molecule has 2 aliphatic carbocycles. The van der Waals surface area contributed by atoms with Gasteiger partial charge in [0.05, 0.1) is 0 Å². The molecule has 0 bridgehead atoms. The van der Waals surface area contributed by atoms with Crippen molar-refractivity contribution in [3.8, 4) is 0 Å². The topological polar surface area (TPSA) is 0 Å². The summed E-state index contributed by atoms with van der Waals surface area (Å²) in [7, 11) is 0. The Bertz CT molecular complexity index is 283.